The molecule has 1 heterocycles. The summed E-state index contributed by atoms with van der Waals surface area (Å²) in [6.07, 6.45) is 0.856. The van der Waals surface area contributed by atoms with Crippen LogP contribution in [0.15, 0.2) is 42.5 Å². The van der Waals surface area contributed by atoms with E-state index in [4.69, 9.17) is 14.2 Å². The molecule has 0 radical (unpaired) electrons. The molecule has 1 aromatic carbocycles. The number of aliphatic hydroxyl groups is 1. The molecule has 5 nitrogen and oxygen atoms in total. The van der Waals surface area contributed by atoms with Gasteiger partial charge in [-0.2, -0.15) is 0 Å². The van der Waals surface area contributed by atoms with Gasteiger partial charge in [0, 0.05) is 0 Å². The van der Waals surface area contributed by atoms with Crippen molar-refractivity contribution in [1.29, 1.82) is 0 Å². The van der Waals surface area contributed by atoms with Gasteiger partial charge in [0.2, 0.25) is 0 Å². The third-order valence-electron chi connectivity index (χ3n) is 3.57. The first-order valence-electron chi connectivity index (χ1n) is 6.94. The van der Waals surface area contributed by atoms with Gasteiger partial charge >= 0.3 is 5.97 Å². The fraction of sp³-hybridized carbons (Fsp3) is 0.438. The highest BCUT2D eigenvalue weighted by Gasteiger charge is 2.50. The quantitative estimate of drug-likeness (QED) is 0.663. The SMILES string of the molecule is CC1(C)O[C@@H]2[C@@H](O1)[C@H](OC(=O)c1ccccc1)C=C[C@@H]2O. The fourth-order valence-corrected chi connectivity index (χ4v) is 2.65. The summed E-state index contributed by atoms with van der Waals surface area (Å²) in [4.78, 5) is 12.1. The molecule has 0 spiro atoms. The number of carbonyl (C=O) groups excluding carboxylic acids is 1. The number of fused-ring (bicyclic) bond motifs is 1. The number of hydrogen-bond acceptors (Lipinski definition) is 5. The van der Waals surface area contributed by atoms with Crippen molar-refractivity contribution < 1.29 is 24.1 Å². The van der Waals surface area contributed by atoms with Crippen LogP contribution in [0.3, 0.4) is 0 Å². The smallest absolute Gasteiger partial charge is 0.338 e. The molecule has 1 aliphatic carbocycles. The summed E-state index contributed by atoms with van der Waals surface area (Å²) in [5.41, 5.74) is 0.478. The minimum absolute atomic E-state index is 0.423. The zero-order valence-electron chi connectivity index (χ0n) is 11.9. The highest BCUT2D eigenvalue weighted by Crippen LogP contribution is 2.35. The minimum Gasteiger partial charge on any atom is -0.452 e. The van der Waals surface area contributed by atoms with Crippen LogP contribution < -0.4 is 0 Å². The molecule has 21 heavy (non-hydrogen) atoms. The Bertz CT molecular complexity index is 551. The van der Waals surface area contributed by atoms with Crippen molar-refractivity contribution in [2.45, 2.75) is 44.1 Å². The van der Waals surface area contributed by atoms with Crippen molar-refractivity contribution in [3.8, 4) is 0 Å². The Kier molecular flexibility index (Phi) is 3.57. The largest absolute Gasteiger partial charge is 0.452 e. The number of aliphatic hydroxyl groups excluding tert-OH is 1. The molecule has 2 aliphatic rings. The first kappa shape index (κ1) is 14.3. The van der Waals surface area contributed by atoms with Gasteiger partial charge in [0.05, 0.1) is 5.56 Å². The molecule has 4 atom stereocenters. The third kappa shape index (κ3) is 2.85. The summed E-state index contributed by atoms with van der Waals surface area (Å²) in [5, 5.41) is 9.95. The van der Waals surface area contributed by atoms with Gasteiger partial charge in [-0.1, -0.05) is 24.3 Å². The zero-order chi connectivity index (χ0) is 15.0. The van der Waals surface area contributed by atoms with Crippen LogP contribution in [0.1, 0.15) is 24.2 Å². The molecule has 0 amide bonds. The molecular weight excluding hydrogens is 272 g/mol. The lowest BCUT2D eigenvalue weighted by molar-refractivity contribution is -0.156. The normalized spacial score (nSPS) is 33.5. The van der Waals surface area contributed by atoms with Gasteiger partial charge in [-0.25, -0.2) is 4.79 Å². The van der Waals surface area contributed by atoms with Crippen molar-refractivity contribution in [2.75, 3.05) is 0 Å². The van der Waals surface area contributed by atoms with Gasteiger partial charge in [0.1, 0.15) is 24.4 Å². The van der Waals surface area contributed by atoms with Gasteiger partial charge < -0.3 is 19.3 Å². The van der Waals surface area contributed by atoms with E-state index in [9.17, 15) is 9.90 Å². The standard InChI is InChI=1S/C16H18O5/c1-16(2)20-13-11(17)8-9-12(14(13)21-16)19-15(18)10-6-4-3-5-7-10/h3-9,11-14,17H,1-2H3/t11-,12+,13-,14-/m0/s1. The molecule has 0 unspecified atom stereocenters. The van der Waals surface area contributed by atoms with Crippen molar-refractivity contribution >= 4 is 5.97 Å². The highest BCUT2D eigenvalue weighted by atomic mass is 16.8. The Morgan fingerprint density at radius 1 is 1.14 bits per heavy atom. The molecule has 5 heteroatoms. The molecule has 1 saturated heterocycles. The summed E-state index contributed by atoms with van der Waals surface area (Å²) in [6, 6.07) is 8.77. The Hall–Kier alpha value is -1.69. The number of ether oxygens (including phenoxy) is 3. The van der Waals surface area contributed by atoms with Crippen molar-refractivity contribution in [3.63, 3.8) is 0 Å². The average molecular weight is 290 g/mol. The Morgan fingerprint density at radius 3 is 2.52 bits per heavy atom. The third-order valence-corrected chi connectivity index (χ3v) is 3.57. The molecule has 0 bridgehead atoms. The van der Waals surface area contributed by atoms with Crippen LogP contribution in [0.5, 0.6) is 0 Å². The van der Waals surface area contributed by atoms with Gasteiger partial charge in [0.25, 0.3) is 0 Å². The molecular formula is C16H18O5. The fourth-order valence-electron chi connectivity index (χ4n) is 2.65. The van der Waals surface area contributed by atoms with E-state index in [1.165, 1.54) is 0 Å². The Balaban J connectivity index is 1.76. The summed E-state index contributed by atoms with van der Waals surface area (Å²) >= 11 is 0. The average Bonchev–Trinajstić information content (AvgIpc) is 2.79. The maximum atomic E-state index is 12.1. The summed E-state index contributed by atoms with van der Waals surface area (Å²) in [5.74, 6) is -1.23. The van der Waals surface area contributed by atoms with Crippen LogP contribution >= 0.6 is 0 Å². The number of benzene rings is 1. The van der Waals surface area contributed by atoms with Crippen LogP contribution in [0, 0.1) is 0 Å². The Morgan fingerprint density at radius 2 is 1.81 bits per heavy atom. The second-order valence-electron chi connectivity index (χ2n) is 5.68. The van der Waals surface area contributed by atoms with E-state index in [0.29, 0.717) is 5.56 Å². The molecule has 1 aliphatic heterocycles. The maximum absolute atomic E-state index is 12.1. The number of esters is 1. The molecule has 3 rings (SSSR count). The van der Waals surface area contributed by atoms with Crippen LogP contribution in [0.25, 0.3) is 0 Å². The van der Waals surface area contributed by atoms with E-state index >= 15 is 0 Å². The van der Waals surface area contributed by atoms with E-state index < -0.39 is 36.2 Å². The predicted molar refractivity (Wildman–Crippen MR) is 74.6 cm³/mol. The van der Waals surface area contributed by atoms with E-state index in [-0.39, 0.29) is 0 Å². The first-order valence-corrected chi connectivity index (χ1v) is 6.94. The van der Waals surface area contributed by atoms with Gasteiger partial charge in [0.15, 0.2) is 5.79 Å². The van der Waals surface area contributed by atoms with E-state index in [1.54, 1.807) is 50.3 Å². The lowest BCUT2D eigenvalue weighted by Gasteiger charge is -2.29. The maximum Gasteiger partial charge on any atom is 0.338 e. The summed E-state index contributed by atoms with van der Waals surface area (Å²) in [6.45, 7) is 3.54. The summed E-state index contributed by atoms with van der Waals surface area (Å²) < 4.78 is 16.9. The van der Waals surface area contributed by atoms with Crippen molar-refractivity contribution in [1.82, 2.24) is 0 Å². The van der Waals surface area contributed by atoms with Crippen LogP contribution in [-0.2, 0) is 14.2 Å². The molecule has 0 aromatic heterocycles. The van der Waals surface area contributed by atoms with E-state index in [2.05, 4.69) is 0 Å². The van der Waals surface area contributed by atoms with Gasteiger partial charge in [-0.3, -0.25) is 0 Å². The molecule has 1 aromatic rings. The highest BCUT2D eigenvalue weighted by molar-refractivity contribution is 5.89. The van der Waals surface area contributed by atoms with Crippen molar-refractivity contribution in [2.24, 2.45) is 0 Å². The number of hydrogen-bond donors (Lipinski definition) is 1. The second-order valence-corrected chi connectivity index (χ2v) is 5.68. The minimum atomic E-state index is -0.806. The number of rotatable bonds is 2. The molecule has 112 valence electrons. The molecule has 0 saturated carbocycles. The lowest BCUT2D eigenvalue weighted by atomic mass is 9.96. The van der Waals surface area contributed by atoms with Crippen molar-refractivity contribution in [3.05, 3.63) is 48.0 Å². The zero-order valence-corrected chi connectivity index (χ0v) is 11.9. The monoisotopic (exact) mass is 290 g/mol. The molecule has 1 fully saturated rings. The first-order chi connectivity index (χ1) is 9.96. The second kappa shape index (κ2) is 5.26. The van der Waals surface area contributed by atoms with Crippen LogP contribution in [0.2, 0.25) is 0 Å². The van der Waals surface area contributed by atoms with Crippen LogP contribution in [0.4, 0.5) is 0 Å². The Labute approximate surface area is 123 Å². The lowest BCUT2D eigenvalue weighted by Crippen LogP contribution is -2.46. The van der Waals surface area contributed by atoms with E-state index in [0.717, 1.165) is 0 Å². The van der Waals surface area contributed by atoms with E-state index in [1.807, 2.05) is 6.07 Å². The number of carbonyl (C=O) groups is 1. The summed E-state index contributed by atoms with van der Waals surface area (Å²) in [7, 11) is 0. The van der Waals surface area contributed by atoms with Crippen LogP contribution in [-0.4, -0.2) is 41.3 Å². The predicted octanol–water partition coefficient (Wildman–Crippen LogP) is 1.66. The van der Waals surface area contributed by atoms with Gasteiger partial charge in [-0.05, 0) is 32.1 Å². The molecule has 1 N–H and O–H groups in total. The van der Waals surface area contributed by atoms with Gasteiger partial charge in [-0.15, -0.1) is 0 Å². The topological polar surface area (TPSA) is 65.0 Å².